The maximum absolute atomic E-state index is 10.7. The van der Waals surface area contributed by atoms with E-state index in [1.807, 2.05) is 0 Å². The molecule has 0 saturated heterocycles. The van der Waals surface area contributed by atoms with Crippen LogP contribution in [0.2, 0.25) is 0 Å². The van der Waals surface area contributed by atoms with Gasteiger partial charge in [0.2, 0.25) is 0 Å². The second-order valence-electron chi connectivity index (χ2n) is 8.03. The van der Waals surface area contributed by atoms with Crippen molar-refractivity contribution in [3.8, 4) is 0 Å². The molecule has 0 aromatic heterocycles. The third-order valence-electron chi connectivity index (χ3n) is 4.54. The normalized spacial score (nSPS) is 11.3. The number of rotatable bonds is 33. The van der Waals surface area contributed by atoms with Crippen molar-refractivity contribution >= 4 is 11.6 Å². The molecule has 0 saturated carbocycles. The molecule has 38 heavy (non-hydrogen) atoms. The molecule has 12 nitrogen and oxygen atoms in total. The van der Waals surface area contributed by atoms with E-state index in [0.717, 1.165) is 0 Å². The number of carbonyl (C=O) groups excluding carboxylic acids is 2. The number of hydrogen-bond donors (Lipinski definition) is 0. The Morgan fingerprint density at radius 1 is 0.289 bits per heavy atom. The van der Waals surface area contributed by atoms with Crippen LogP contribution in [-0.4, -0.2) is 144 Å². The Morgan fingerprint density at radius 3 is 0.553 bits per heavy atom. The molecule has 226 valence electrons. The van der Waals surface area contributed by atoms with Crippen LogP contribution in [0.15, 0.2) is 0 Å². The minimum Gasteiger partial charge on any atom is -0.379 e. The van der Waals surface area contributed by atoms with E-state index in [0.29, 0.717) is 145 Å². The van der Waals surface area contributed by atoms with Crippen LogP contribution in [0.1, 0.15) is 26.7 Å². The third kappa shape index (κ3) is 34.9. The molecule has 0 rings (SSSR count). The monoisotopic (exact) mass is 554 g/mol. The topological polar surface area (TPSA) is 126 Å². The van der Waals surface area contributed by atoms with E-state index in [1.54, 1.807) is 13.8 Å². The van der Waals surface area contributed by atoms with Crippen LogP contribution in [0, 0.1) is 0 Å². The van der Waals surface area contributed by atoms with Crippen LogP contribution < -0.4 is 0 Å². The highest BCUT2D eigenvalue weighted by molar-refractivity contribution is 5.75. The zero-order chi connectivity index (χ0) is 27.8. The summed E-state index contributed by atoms with van der Waals surface area (Å²) in [5.74, 6) is 0.250. The lowest BCUT2D eigenvalue weighted by Gasteiger charge is -2.09. The number of Topliss-reactive ketones (excluding diaryl/α,β-unsaturated/α-hetero) is 2. The SMILES string of the molecule is CC(=O)CCOCCOCCOCCOCCOCCOCCOCCOCCOCCOCCC(C)=O. The summed E-state index contributed by atoms with van der Waals surface area (Å²) in [5, 5.41) is 0. The zero-order valence-electron chi connectivity index (χ0n) is 23.5. The van der Waals surface area contributed by atoms with Gasteiger partial charge in [-0.3, -0.25) is 9.59 Å². The molecule has 0 aliphatic heterocycles. The summed E-state index contributed by atoms with van der Waals surface area (Å²) in [7, 11) is 0. The van der Waals surface area contributed by atoms with Crippen molar-refractivity contribution in [3.63, 3.8) is 0 Å². The minimum atomic E-state index is 0.125. The lowest BCUT2D eigenvalue weighted by atomic mass is 10.3. The number of ether oxygens (including phenoxy) is 10. The Kier molecular flexibility index (Phi) is 31.3. The van der Waals surface area contributed by atoms with E-state index in [2.05, 4.69) is 0 Å². The molecule has 0 atom stereocenters. The Labute approximate surface area is 227 Å². The molecule has 0 radical (unpaired) electrons. The lowest BCUT2D eigenvalue weighted by molar-refractivity contribution is -0.119. The zero-order valence-corrected chi connectivity index (χ0v) is 23.5. The largest absolute Gasteiger partial charge is 0.379 e. The van der Waals surface area contributed by atoms with Crippen molar-refractivity contribution < 1.29 is 57.0 Å². The quantitative estimate of drug-likeness (QED) is 0.108. The standard InChI is InChI=1S/C26H50O12/c1-25(27)3-5-29-7-9-31-11-13-33-15-17-35-19-21-37-23-24-38-22-20-36-18-16-34-14-12-32-10-8-30-6-4-26(2)28/h3-24H2,1-2H3. The third-order valence-corrected chi connectivity index (χ3v) is 4.54. The van der Waals surface area contributed by atoms with Gasteiger partial charge in [-0.05, 0) is 13.8 Å². The molecule has 0 unspecified atom stereocenters. The first-order valence-electron chi connectivity index (χ1n) is 13.4. The van der Waals surface area contributed by atoms with Gasteiger partial charge < -0.3 is 47.4 Å². The van der Waals surface area contributed by atoms with E-state index in [-0.39, 0.29) is 11.6 Å². The molecule has 0 amide bonds. The lowest BCUT2D eigenvalue weighted by Crippen LogP contribution is -2.15. The van der Waals surface area contributed by atoms with Crippen LogP contribution in [0.4, 0.5) is 0 Å². The molecule has 12 heteroatoms. The van der Waals surface area contributed by atoms with Crippen LogP contribution in [0.25, 0.3) is 0 Å². The summed E-state index contributed by atoms with van der Waals surface area (Å²) in [6.45, 7) is 12.9. The fourth-order valence-corrected chi connectivity index (χ4v) is 2.51. The summed E-state index contributed by atoms with van der Waals surface area (Å²) in [6.07, 6.45) is 0.884. The molecule has 0 spiro atoms. The van der Waals surface area contributed by atoms with Gasteiger partial charge in [0.25, 0.3) is 0 Å². The first-order chi connectivity index (χ1) is 18.6. The predicted molar refractivity (Wildman–Crippen MR) is 139 cm³/mol. The summed E-state index contributed by atoms with van der Waals surface area (Å²) in [4.78, 5) is 21.5. The summed E-state index contributed by atoms with van der Waals surface area (Å²) < 4.78 is 53.8. The van der Waals surface area contributed by atoms with Crippen molar-refractivity contribution in [1.82, 2.24) is 0 Å². The highest BCUT2D eigenvalue weighted by atomic mass is 16.6. The minimum absolute atomic E-state index is 0.125. The Bertz CT molecular complexity index is 463. The van der Waals surface area contributed by atoms with Gasteiger partial charge >= 0.3 is 0 Å². The summed E-state index contributed by atoms with van der Waals surface area (Å²) in [6, 6.07) is 0. The highest BCUT2D eigenvalue weighted by Gasteiger charge is 1.97. The molecule has 0 fully saturated rings. The number of carbonyl (C=O) groups is 2. The van der Waals surface area contributed by atoms with E-state index >= 15 is 0 Å². The van der Waals surface area contributed by atoms with Gasteiger partial charge in [-0.2, -0.15) is 0 Å². The van der Waals surface area contributed by atoms with Crippen molar-refractivity contribution in [2.45, 2.75) is 26.7 Å². The average molecular weight is 555 g/mol. The Hall–Kier alpha value is -1.06. The molecule has 0 aromatic rings. The molecule has 0 aliphatic rings. The molecule has 0 heterocycles. The predicted octanol–water partition coefficient (Wildman–Crippen LogP) is 1.11. The van der Waals surface area contributed by atoms with Crippen molar-refractivity contribution in [2.24, 2.45) is 0 Å². The maximum atomic E-state index is 10.7. The second kappa shape index (κ2) is 32.2. The van der Waals surface area contributed by atoms with Crippen LogP contribution in [0.3, 0.4) is 0 Å². The fraction of sp³-hybridized carbons (Fsp3) is 0.923. The van der Waals surface area contributed by atoms with Gasteiger partial charge in [0, 0.05) is 12.8 Å². The smallest absolute Gasteiger partial charge is 0.132 e. The van der Waals surface area contributed by atoms with Gasteiger partial charge in [-0.15, -0.1) is 0 Å². The second-order valence-corrected chi connectivity index (χ2v) is 8.03. The average Bonchev–Trinajstić information content (AvgIpc) is 2.89. The van der Waals surface area contributed by atoms with Crippen LogP contribution in [0.5, 0.6) is 0 Å². The van der Waals surface area contributed by atoms with E-state index in [4.69, 9.17) is 47.4 Å². The molecule has 0 N–H and O–H groups in total. The molecule has 0 aliphatic carbocycles. The van der Waals surface area contributed by atoms with Crippen LogP contribution in [-0.2, 0) is 57.0 Å². The summed E-state index contributed by atoms with van der Waals surface area (Å²) >= 11 is 0. The highest BCUT2D eigenvalue weighted by Crippen LogP contribution is 1.88. The molecule has 0 bridgehead atoms. The molecular formula is C26H50O12. The molecule has 0 aromatic carbocycles. The van der Waals surface area contributed by atoms with Gasteiger partial charge in [0.05, 0.1) is 132 Å². The van der Waals surface area contributed by atoms with Crippen LogP contribution >= 0.6 is 0 Å². The van der Waals surface area contributed by atoms with Gasteiger partial charge in [0.1, 0.15) is 11.6 Å². The van der Waals surface area contributed by atoms with Crippen molar-refractivity contribution in [3.05, 3.63) is 0 Å². The Morgan fingerprint density at radius 2 is 0.421 bits per heavy atom. The van der Waals surface area contributed by atoms with Gasteiger partial charge in [0.15, 0.2) is 0 Å². The van der Waals surface area contributed by atoms with Gasteiger partial charge in [-0.1, -0.05) is 0 Å². The number of hydrogen-bond acceptors (Lipinski definition) is 12. The first-order valence-corrected chi connectivity index (χ1v) is 13.4. The fourth-order valence-electron chi connectivity index (χ4n) is 2.51. The Balaban J connectivity index is 3.04. The van der Waals surface area contributed by atoms with Crippen molar-refractivity contribution in [2.75, 3.05) is 132 Å². The van der Waals surface area contributed by atoms with E-state index < -0.39 is 0 Å². The summed E-state index contributed by atoms with van der Waals surface area (Å²) in [5.41, 5.74) is 0. The van der Waals surface area contributed by atoms with E-state index in [9.17, 15) is 9.59 Å². The molecular weight excluding hydrogens is 504 g/mol. The first kappa shape index (κ1) is 36.9. The van der Waals surface area contributed by atoms with Crippen molar-refractivity contribution in [1.29, 1.82) is 0 Å². The van der Waals surface area contributed by atoms with Gasteiger partial charge in [-0.25, -0.2) is 0 Å². The maximum Gasteiger partial charge on any atom is 0.132 e. The van der Waals surface area contributed by atoms with E-state index in [1.165, 1.54) is 0 Å². The number of ketones is 2.